The minimum Gasteiger partial charge on any atom is -0.465 e. The van der Waals surface area contributed by atoms with E-state index in [9.17, 15) is 14.4 Å². The molecule has 1 heterocycles. The molecule has 0 spiro atoms. The number of hydrogen-bond acceptors (Lipinski definition) is 5. The van der Waals surface area contributed by atoms with Crippen LogP contribution >= 0.6 is 15.9 Å². The quantitative estimate of drug-likeness (QED) is 0.372. The van der Waals surface area contributed by atoms with Gasteiger partial charge in [-0.3, -0.25) is 9.69 Å². The third-order valence-corrected chi connectivity index (χ3v) is 7.00. The van der Waals surface area contributed by atoms with E-state index < -0.39 is 12.1 Å². The average Bonchev–Trinajstić information content (AvgIpc) is 3.44. The summed E-state index contributed by atoms with van der Waals surface area (Å²) < 4.78 is 11.2. The zero-order chi connectivity index (χ0) is 26.9. The van der Waals surface area contributed by atoms with Crippen molar-refractivity contribution < 1.29 is 29.2 Å². The van der Waals surface area contributed by atoms with Crippen LogP contribution in [0.25, 0.3) is 0 Å². The molecule has 0 saturated carbocycles. The Labute approximate surface area is 230 Å². The fraction of sp³-hybridized carbons (Fsp3) is 0.276. The average molecular weight is 581 g/mol. The number of esters is 1. The second-order valence-electron chi connectivity index (χ2n) is 9.02. The largest absolute Gasteiger partial charge is 0.465 e. The molecular formula is C29H31BrN3O5+. The van der Waals surface area contributed by atoms with Gasteiger partial charge in [-0.2, -0.15) is 0 Å². The number of nitrogens with one attached hydrogen (secondary N) is 1. The highest BCUT2D eigenvalue weighted by molar-refractivity contribution is 9.10. The first-order valence-electron chi connectivity index (χ1n) is 12.5. The topological polar surface area (TPSA) is 102 Å². The third-order valence-electron chi connectivity index (χ3n) is 6.51. The van der Waals surface area contributed by atoms with Gasteiger partial charge in [-0.25, -0.2) is 9.59 Å². The van der Waals surface area contributed by atoms with E-state index in [-0.39, 0.29) is 31.1 Å². The number of nitrogens with two attached hydrogens (primary N) is 1. The summed E-state index contributed by atoms with van der Waals surface area (Å²) in [6.45, 7) is 0.716. The van der Waals surface area contributed by atoms with Gasteiger partial charge in [-0.15, -0.1) is 0 Å². The Bertz CT molecular complexity index is 1260. The van der Waals surface area contributed by atoms with Crippen LogP contribution in [0.4, 0.5) is 10.5 Å². The van der Waals surface area contributed by atoms with Crippen LogP contribution in [0.15, 0.2) is 83.3 Å². The fourth-order valence-electron chi connectivity index (χ4n) is 4.58. The first-order chi connectivity index (χ1) is 18.5. The number of carbonyl (C=O) groups is 3. The molecule has 2 atom stereocenters. The lowest BCUT2D eigenvalue weighted by Gasteiger charge is -2.25. The predicted octanol–water partition coefficient (Wildman–Crippen LogP) is 4.01. The maximum atomic E-state index is 13.5. The van der Waals surface area contributed by atoms with Crippen molar-refractivity contribution in [3.63, 3.8) is 0 Å². The zero-order valence-corrected chi connectivity index (χ0v) is 22.7. The Morgan fingerprint density at radius 1 is 1.05 bits per heavy atom. The Morgan fingerprint density at radius 3 is 2.47 bits per heavy atom. The number of anilines is 1. The molecule has 3 N–H and O–H groups in total. The molecule has 0 bridgehead atoms. The molecule has 1 aliphatic heterocycles. The first kappa shape index (κ1) is 27.3. The van der Waals surface area contributed by atoms with Crippen LogP contribution in [-0.4, -0.2) is 49.1 Å². The van der Waals surface area contributed by atoms with Crippen LogP contribution in [-0.2, 0) is 25.7 Å². The standard InChI is InChI=1S/C29H30BrN3O5/c1-37-26(34)18-31-27(21-11-6-3-7-12-21)23-17-22(30)14-15-24(23)32-28(35)25-13-8-16-33(25)29(36)38-19-20-9-4-2-5-10-20/h2-7,9-12,14-15,17,25,27,31H,8,13,16,18-19H2,1H3,(H,32,35)/p+1/t25-,27-/m1/s1. The Morgan fingerprint density at radius 2 is 1.76 bits per heavy atom. The van der Waals surface area contributed by atoms with Crippen molar-refractivity contribution >= 4 is 39.6 Å². The van der Waals surface area contributed by atoms with E-state index in [0.29, 0.717) is 25.1 Å². The minimum atomic E-state index is -0.635. The molecule has 0 radical (unpaired) electrons. The molecule has 38 heavy (non-hydrogen) atoms. The van der Waals surface area contributed by atoms with Crippen LogP contribution in [0.2, 0.25) is 0 Å². The molecule has 3 aromatic carbocycles. The van der Waals surface area contributed by atoms with Crippen molar-refractivity contribution in [1.29, 1.82) is 0 Å². The summed E-state index contributed by atoms with van der Waals surface area (Å²) in [5.74, 6) is -0.621. The van der Waals surface area contributed by atoms with E-state index in [1.165, 1.54) is 12.0 Å². The van der Waals surface area contributed by atoms with Gasteiger partial charge in [-0.05, 0) is 36.6 Å². The van der Waals surface area contributed by atoms with Gasteiger partial charge in [0.05, 0.1) is 12.8 Å². The maximum absolute atomic E-state index is 13.5. The number of ether oxygens (including phenoxy) is 2. The number of quaternary nitrogens is 1. The molecule has 0 aliphatic carbocycles. The number of methoxy groups -OCH3 is 1. The van der Waals surface area contributed by atoms with Gasteiger partial charge >= 0.3 is 12.1 Å². The highest BCUT2D eigenvalue weighted by atomic mass is 79.9. The number of rotatable bonds is 9. The molecule has 1 saturated heterocycles. The Hall–Kier alpha value is -3.69. The van der Waals surface area contributed by atoms with Crippen molar-refractivity contribution in [3.05, 3.63) is 100 Å². The summed E-state index contributed by atoms with van der Waals surface area (Å²) in [6, 6.07) is 23.9. The Balaban J connectivity index is 1.52. The molecule has 3 aromatic rings. The number of nitrogens with zero attached hydrogens (tertiary/aromatic N) is 1. The SMILES string of the molecule is COC(=O)C[NH2+][C@H](c1ccccc1)c1cc(Br)ccc1NC(=O)[C@H]1CCCN1C(=O)OCc1ccccc1. The predicted molar refractivity (Wildman–Crippen MR) is 146 cm³/mol. The highest BCUT2D eigenvalue weighted by Crippen LogP contribution is 2.30. The molecule has 0 unspecified atom stereocenters. The first-order valence-corrected chi connectivity index (χ1v) is 13.3. The maximum Gasteiger partial charge on any atom is 0.410 e. The minimum absolute atomic E-state index is 0.111. The summed E-state index contributed by atoms with van der Waals surface area (Å²) in [6.07, 6.45) is 0.760. The second kappa shape index (κ2) is 13.2. The van der Waals surface area contributed by atoms with E-state index in [2.05, 4.69) is 21.2 Å². The van der Waals surface area contributed by atoms with Gasteiger partial charge in [0.25, 0.3) is 0 Å². The summed E-state index contributed by atoms with van der Waals surface area (Å²) in [5, 5.41) is 4.92. The molecule has 198 valence electrons. The van der Waals surface area contributed by atoms with E-state index in [1.54, 1.807) is 0 Å². The van der Waals surface area contributed by atoms with E-state index in [0.717, 1.165) is 21.2 Å². The van der Waals surface area contributed by atoms with Crippen LogP contribution in [0, 0.1) is 0 Å². The summed E-state index contributed by atoms with van der Waals surface area (Å²) in [5.41, 5.74) is 3.28. The number of carbonyl (C=O) groups excluding carboxylic acids is 3. The van der Waals surface area contributed by atoms with Gasteiger partial charge in [0.2, 0.25) is 5.91 Å². The molecule has 8 nitrogen and oxygen atoms in total. The van der Waals surface area contributed by atoms with Crippen molar-refractivity contribution in [1.82, 2.24) is 4.90 Å². The monoisotopic (exact) mass is 580 g/mol. The van der Waals surface area contributed by atoms with Gasteiger partial charge < -0.3 is 20.1 Å². The van der Waals surface area contributed by atoms with Crippen molar-refractivity contribution in [2.75, 3.05) is 25.5 Å². The van der Waals surface area contributed by atoms with Crippen LogP contribution in [0.1, 0.15) is 35.6 Å². The highest BCUT2D eigenvalue weighted by Gasteiger charge is 2.36. The number of likely N-dealkylation sites (tertiary alicyclic amines) is 1. The molecule has 9 heteroatoms. The number of amides is 2. The lowest BCUT2D eigenvalue weighted by Crippen LogP contribution is -2.87. The van der Waals surface area contributed by atoms with Gasteiger partial charge in [0.15, 0.2) is 6.54 Å². The van der Waals surface area contributed by atoms with Crippen molar-refractivity contribution in [3.8, 4) is 0 Å². The number of benzene rings is 3. The van der Waals surface area contributed by atoms with Gasteiger partial charge in [-0.1, -0.05) is 76.6 Å². The lowest BCUT2D eigenvalue weighted by molar-refractivity contribution is -0.677. The second-order valence-corrected chi connectivity index (χ2v) is 9.93. The van der Waals surface area contributed by atoms with Crippen LogP contribution in [0.5, 0.6) is 0 Å². The molecule has 0 aromatic heterocycles. The molecule has 1 fully saturated rings. The van der Waals surface area contributed by atoms with Gasteiger partial charge in [0.1, 0.15) is 18.7 Å². The third kappa shape index (κ3) is 6.99. The molecule has 2 amide bonds. The van der Waals surface area contributed by atoms with Crippen LogP contribution in [0.3, 0.4) is 0 Å². The number of halogens is 1. The van der Waals surface area contributed by atoms with E-state index in [1.807, 2.05) is 84.2 Å². The molecular weight excluding hydrogens is 550 g/mol. The Kier molecular flexibility index (Phi) is 9.51. The lowest BCUT2D eigenvalue weighted by atomic mass is 9.96. The summed E-state index contributed by atoms with van der Waals surface area (Å²) >= 11 is 3.54. The smallest absolute Gasteiger partial charge is 0.410 e. The summed E-state index contributed by atoms with van der Waals surface area (Å²) in [4.78, 5) is 39.7. The van der Waals surface area contributed by atoms with E-state index >= 15 is 0 Å². The zero-order valence-electron chi connectivity index (χ0n) is 21.1. The molecule has 1 aliphatic rings. The fourth-order valence-corrected chi connectivity index (χ4v) is 4.96. The van der Waals surface area contributed by atoms with Crippen molar-refractivity contribution in [2.45, 2.75) is 31.5 Å². The van der Waals surface area contributed by atoms with E-state index in [4.69, 9.17) is 9.47 Å². The normalized spacial score (nSPS) is 15.5. The summed E-state index contributed by atoms with van der Waals surface area (Å²) in [7, 11) is 1.36. The molecule has 4 rings (SSSR count). The van der Waals surface area contributed by atoms with Gasteiger partial charge in [0, 0.05) is 22.1 Å². The number of hydrogen-bond donors (Lipinski definition) is 2. The van der Waals surface area contributed by atoms with Crippen molar-refractivity contribution in [2.24, 2.45) is 0 Å². The van der Waals surface area contributed by atoms with Crippen LogP contribution < -0.4 is 10.6 Å².